The Kier molecular flexibility index (Phi) is 3.27. The maximum Gasteiger partial charge on any atom is 0.140 e. The molecule has 0 saturated heterocycles. The van der Waals surface area contributed by atoms with Gasteiger partial charge in [0.2, 0.25) is 0 Å². The standard InChI is InChI=1S/C15H15BrN4/c1-9(10-2-3-10)20-15(18)13(8-17)14(19-20)11-4-6-12(16)7-5-11/h4-7,9-10H,2-3,18H2,1H3. The van der Waals surface area contributed by atoms with Crippen molar-refractivity contribution in [2.45, 2.75) is 25.8 Å². The number of rotatable bonds is 3. The first-order valence-corrected chi connectivity index (χ1v) is 7.45. The zero-order valence-electron chi connectivity index (χ0n) is 11.2. The molecule has 1 aliphatic carbocycles. The van der Waals surface area contributed by atoms with E-state index in [1.807, 2.05) is 28.9 Å². The summed E-state index contributed by atoms with van der Waals surface area (Å²) in [6, 6.07) is 10.2. The molecule has 2 N–H and O–H groups in total. The van der Waals surface area contributed by atoms with Crippen LogP contribution in [-0.2, 0) is 0 Å². The molecule has 0 aliphatic heterocycles. The molecular weight excluding hydrogens is 316 g/mol. The minimum atomic E-state index is 0.256. The van der Waals surface area contributed by atoms with E-state index in [1.54, 1.807) is 0 Å². The van der Waals surface area contributed by atoms with Gasteiger partial charge >= 0.3 is 0 Å². The molecule has 1 saturated carbocycles. The molecule has 0 bridgehead atoms. The number of nitrogens with two attached hydrogens (primary N) is 1. The number of nitriles is 1. The van der Waals surface area contributed by atoms with Crippen LogP contribution in [0.15, 0.2) is 28.7 Å². The fourth-order valence-corrected chi connectivity index (χ4v) is 2.72. The maximum atomic E-state index is 9.37. The number of hydrogen-bond acceptors (Lipinski definition) is 3. The van der Waals surface area contributed by atoms with Crippen LogP contribution in [0.25, 0.3) is 11.3 Å². The first kappa shape index (κ1) is 13.2. The third-order valence-corrected chi connectivity index (χ3v) is 4.40. The van der Waals surface area contributed by atoms with Gasteiger partial charge in [0.1, 0.15) is 23.1 Å². The van der Waals surface area contributed by atoms with Crippen molar-refractivity contribution >= 4 is 21.7 Å². The highest BCUT2D eigenvalue weighted by Crippen LogP contribution is 2.41. The van der Waals surface area contributed by atoms with Crippen LogP contribution < -0.4 is 5.73 Å². The molecular formula is C15H15BrN4. The Balaban J connectivity index is 2.08. The summed E-state index contributed by atoms with van der Waals surface area (Å²) in [4.78, 5) is 0. The number of benzene rings is 1. The van der Waals surface area contributed by atoms with Gasteiger partial charge in [-0.05, 0) is 37.8 Å². The van der Waals surface area contributed by atoms with Crippen LogP contribution in [0.1, 0.15) is 31.4 Å². The van der Waals surface area contributed by atoms with E-state index >= 15 is 0 Å². The predicted octanol–water partition coefficient (Wildman–Crippen LogP) is 3.74. The van der Waals surface area contributed by atoms with Gasteiger partial charge in [0.05, 0.1) is 6.04 Å². The average Bonchev–Trinajstić information content (AvgIpc) is 3.23. The fourth-order valence-electron chi connectivity index (χ4n) is 2.46. The van der Waals surface area contributed by atoms with Gasteiger partial charge in [-0.1, -0.05) is 28.1 Å². The number of halogens is 1. The smallest absolute Gasteiger partial charge is 0.140 e. The molecule has 1 fully saturated rings. The number of anilines is 1. The SMILES string of the molecule is CC(C1CC1)n1nc(-c2ccc(Br)cc2)c(C#N)c1N. The summed E-state index contributed by atoms with van der Waals surface area (Å²) in [7, 11) is 0. The normalized spacial score (nSPS) is 15.8. The molecule has 1 aromatic carbocycles. The lowest BCUT2D eigenvalue weighted by Gasteiger charge is -2.12. The van der Waals surface area contributed by atoms with Crippen LogP contribution in [0, 0.1) is 17.2 Å². The Morgan fingerprint density at radius 3 is 2.60 bits per heavy atom. The summed E-state index contributed by atoms with van der Waals surface area (Å²) < 4.78 is 2.81. The van der Waals surface area contributed by atoms with Crippen LogP contribution in [0.5, 0.6) is 0 Å². The minimum Gasteiger partial charge on any atom is -0.383 e. The summed E-state index contributed by atoms with van der Waals surface area (Å²) in [5.41, 5.74) is 8.18. The highest BCUT2D eigenvalue weighted by Gasteiger charge is 2.32. The van der Waals surface area contributed by atoms with Crippen molar-refractivity contribution in [2.75, 3.05) is 5.73 Å². The molecule has 1 aliphatic rings. The van der Waals surface area contributed by atoms with Crippen molar-refractivity contribution in [2.24, 2.45) is 5.92 Å². The van der Waals surface area contributed by atoms with Crippen molar-refractivity contribution in [3.63, 3.8) is 0 Å². The molecule has 1 aromatic heterocycles. The Labute approximate surface area is 126 Å². The van der Waals surface area contributed by atoms with Crippen molar-refractivity contribution in [1.29, 1.82) is 5.26 Å². The highest BCUT2D eigenvalue weighted by molar-refractivity contribution is 9.10. The van der Waals surface area contributed by atoms with Crippen molar-refractivity contribution in [3.05, 3.63) is 34.3 Å². The molecule has 0 radical (unpaired) electrons. The van der Waals surface area contributed by atoms with Gasteiger partial charge in [0.25, 0.3) is 0 Å². The lowest BCUT2D eigenvalue weighted by Crippen LogP contribution is -2.12. The Morgan fingerprint density at radius 2 is 2.05 bits per heavy atom. The first-order chi connectivity index (χ1) is 9.61. The van der Waals surface area contributed by atoms with E-state index < -0.39 is 0 Å². The molecule has 0 spiro atoms. The minimum absolute atomic E-state index is 0.256. The van der Waals surface area contributed by atoms with E-state index in [1.165, 1.54) is 12.8 Å². The third kappa shape index (κ3) is 2.20. The monoisotopic (exact) mass is 330 g/mol. The zero-order chi connectivity index (χ0) is 14.3. The average molecular weight is 331 g/mol. The van der Waals surface area contributed by atoms with Gasteiger partial charge in [0.15, 0.2) is 0 Å². The second-order valence-electron chi connectivity index (χ2n) is 5.25. The molecule has 20 heavy (non-hydrogen) atoms. The fraction of sp³-hybridized carbons (Fsp3) is 0.333. The van der Waals surface area contributed by atoms with Crippen LogP contribution in [0.4, 0.5) is 5.82 Å². The summed E-state index contributed by atoms with van der Waals surface area (Å²) in [6.45, 7) is 2.12. The second-order valence-corrected chi connectivity index (χ2v) is 6.17. The predicted molar refractivity (Wildman–Crippen MR) is 81.9 cm³/mol. The Morgan fingerprint density at radius 1 is 1.40 bits per heavy atom. The van der Waals surface area contributed by atoms with Crippen LogP contribution in [0.3, 0.4) is 0 Å². The molecule has 5 heteroatoms. The zero-order valence-corrected chi connectivity index (χ0v) is 12.8. The Hall–Kier alpha value is -1.80. The summed E-state index contributed by atoms with van der Waals surface area (Å²) in [5, 5.41) is 14.0. The summed E-state index contributed by atoms with van der Waals surface area (Å²) in [6.07, 6.45) is 2.44. The maximum absolute atomic E-state index is 9.37. The van der Waals surface area contributed by atoms with Crippen molar-refractivity contribution in [3.8, 4) is 17.3 Å². The van der Waals surface area contributed by atoms with Crippen molar-refractivity contribution < 1.29 is 0 Å². The number of nitrogens with zero attached hydrogens (tertiary/aromatic N) is 3. The molecule has 3 rings (SSSR count). The molecule has 4 nitrogen and oxygen atoms in total. The summed E-state index contributed by atoms with van der Waals surface area (Å²) >= 11 is 3.41. The van der Waals surface area contributed by atoms with Gasteiger partial charge in [-0.3, -0.25) is 0 Å². The lowest BCUT2D eigenvalue weighted by atomic mass is 10.1. The van der Waals surface area contributed by atoms with Gasteiger partial charge in [-0.2, -0.15) is 10.4 Å². The highest BCUT2D eigenvalue weighted by atomic mass is 79.9. The van der Waals surface area contributed by atoms with E-state index in [4.69, 9.17) is 5.73 Å². The second kappa shape index (κ2) is 4.95. The van der Waals surface area contributed by atoms with Gasteiger partial charge in [0, 0.05) is 10.0 Å². The number of nitrogen functional groups attached to an aromatic ring is 1. The Bertz CT molecular complexity index is 677. The van der Waals surface area contributed by atoms with E-state index in [9.17, 15) is 5.26 Å². The third-order valence-electron chi connectivity index (χ3n) is 3.87. The molecule has 1 heterocycles. The quantitative estimate of drug-likeness (QED) is 0.932. The molecule has 1 atom stereocenters. The molecule has 0 amide bonds. The molecule has 102 valence electrons. The van der Waals surface area contributed by atoms with Crippen molar-refractivity contribution in [1.82, 2.24) is 9.78 Å². The molecule has 2 aromatic rings. The van der Waals surface area contributed by atoms with Crippen LogP contribution >= 0.6 is 15.9 Å². The van der Waals surface area contributed by atoms with Gasteiger partial charge in [-0.15, -0.1) is 0 Å². The summed E-state index contributed by atoms with van der Waals surface area (Å²) in [5.74, 6) is 1.12. The lowest BCUT2D eigenvalue weighted by molar-refractivity contribution is 0.447. The van der Waals surface area contributed by atoms with E-state index in [0.29, 0.717) is 23.0 Å². The number of hydrogen-bond donors (Lipinski definition) is 1. The molecule has 1 unspecified atom stereocenters. The van der Waals surface area contributed by atoms with Gasteiger partial charge in [-0.25, -0.2) is 4.68 Å². The van der Waals surface area contributed by atoms with Crippen LogP contribution in [0.2, 0.25) is 0 Å². The first-order valence-electron chi connectivity index (χ1n) is 6.66. The van der Waals surface area contributed by atoms with E-state index in [0.717, 1.165) is 10.0 Å². The van der Waals surface area contributed by atoms with Gasteiger partial charge < -0.3 is 5.73 Å². The topological polar surface area (TPSA) is 67.6 Å². The van der Waals surface area contributed by atoms with E-state index in [2.05, 4.69) is 34.0 Å². The number of aromatic nitrogens is 2. The van der Waals surface area contributed by atoms with E-state index in [-0.39, 0.29) is 6.04 Å². The largest absolute Gasteiger partial charge is 0.383 e. The van der Waals surface area contributed by atoms with Crippen LogP contribution in [-0.4, -0.2) is 9.78 Å².